The number of rotatable bonds is 2. The molecule has 0 fully saturated rings. The Bertz CT molecular complexity index is 649. The first kappa shape index (κ1) is 12.0. The Balaban J connectivity index is 2.77. The van der Waals surface area contributed by atoms with Gasteiger partial charge in [0.2, 0.25) is 0 Å². The number of halogens is 1. The van der Waals surface area contributed by atoms with Gasteiger partial charge >= 0.3 is 11.9 Å². The van der Waals surface area contributed by atoms with E-state index in [0.717, 1.165) is 6.07 Å². The lowest BCUT2D eigenvalue weighted by atomic mass is 10.1. The molecule has 4 nitrogen and oxygen atoms in total. The number of fused-ring (bicyclic) bond motifs is 1. The standard InChI is InChI=1S/C13H9FO4/c1-7(15)18-11-6-9(13(16)17)5-8-3-2-4-10(14)12(8)11/h2-6H,1H3,(H,16,17). The highest BCUT2D eigenvalue weighted by Gasteiger charge is 2.14. The molecule has 92 valence electrons. The topological polar surface area (TPSA) is 63.6 Å². The third kappa shape index (κ3) is 2.15. The van der Waals surface area contributed by atoms with Crippen LogP contribution < -0.4 is 4.74 Å². The van der Waals surface area contributed by atoms with Gasteiger partial charge in [0.05, 0.1) is 10.9 Å². The van der Waals surface area contributed by atoms with Crippen LogP contribution in [0, 0.1) is 5.82 Å². The third-order valence-corrected chi connectivity index (χ3v) is 2.39. The summed E-state index contributed by atoms with van der Waals surface area (Å²) in [5.41, 5.74) is -0.0654. The number of carbonyl (C=O) groups excluding carboxylic acids is 1. The minimum absolute atomic E-state index is 0.0654. The molecule has 0 saturated carbocycles. The quantitative estimate of drug-likeness (QED) is 0.655. The Kier molecular flexibility index (Phi) is 2.97. The van der Waals surface area contributed by atoms with Crippen LogP contribution in [-0.2, 0) is 4.79 Å². The van der Waals surface area contributed by atoms with E-state index in [0.29, 0.717) is 5.39 Å². The number of hydrogen-bond donors (Lipinski definition) is 1. The molecule has 0 amide bonds. The monoisotopic (exact) mass is 248 g/mol. The van der Waals surface area contributed by atoms with E-state index in [-0.39, 0.29) is 16.7 Å². The molecule has 0 atom stereocenters. The molecule has 0 aromatic heterocycles. The molecular weight excluding hydrogens is 239 g/mol. The molecule has 0 heterocycles. The Morgan fingerprint density at radius 2 is 2.00 bits per heavy atom. The molecular formula is C13H9FO4. The van der Waals surface area contributed by atoms with Crippen molar-refractivity contribution in [3.63, 3.8) is 0 Å². The maximum absolute atomic E-state index is 13.7. The highest BCUT2D eigenvalue weighted by Crippen LogP contribution is 2.30. The number of ether oxygens (including phenoxy) is 1. The largest absolute Gasteiger partial charge is 0.478 e. The van der Waals surface area contributed by atoms with Crippen molar-refractivity contribution in [1.29, 1.82) is 0 Å². The van der Waals surface area contributed by atoms with Gasteiger partial charge in [-0.05, 0) is 23.6 Å². The fourth-order valence-corrected chi connectivity index (χ4v) is 1.70. The number of benzene rings is 2. The Hall–Kier alpha value is -2.43. The molecule has 0 aliphatic carbocycles. The molecule has 0 radical (unpaired) electrons. The summed E-state index contributed by atoms with van der Waals surface area (Å²) in [5, 5.41) is 9.40. The smallest absolute Gasteiger partial charge is 0.335 e. The number of carboxylic acids is 1. The van der Waals surface area contributed by atoms with E-state index in [2.05, 4.69) is 0 Å². The molecule has 0 aliphatic rings. The average Bonchev–Trinajstić information content (AvgIpc) is 2.27. The van der Waals surface area contributed by atoms with Gasteiger partial charge in [0, 0.05) is 6.92 Å². The fraction of sp³-hybridized carbons (Fsp3) is 0.0769. The Labute approximate surface area is 102 Å². The summed E-state index contributed by atoms with van der Waals surface area (Å²) in [4.78, 5) is 21.9. The van der Waals surface area contributed by atoms with Gasteiger partial charge in [-0.3, -0.25) is 4.79 Å². The van der Waals surface area contributed by atoms with Crippen molar-refractivity contribution in [3.05, 3.63) is 41.7 Å². The second kappa shape index (κ2) is 4.44. The zero-order valence-electron chi connectivity index (χ0n) is 9.44. The second-order valence-electron chi connectivity index (χ2n) is 3.71. The van der Waals surface area contributed by atoms with E-state index in [1.54, 1.807) is 6.07 Å². The SMILES string of the molecule is CC(=O)Oc1cc(C(=O)O)cc2cccc(F)c12. The lowest BCUT2D eigenvalue weighted by Gasteiger charge is -2.08. The van der Waals surface area contributed by atoms with Crippen molar-refractivity contribution >= 4 is 22.7 Å². The second-order valence-corrected chi connectivity index (χ2v) is 3.71. The van der Waals surface area contributed by atoms with Crippen molar-refractivity contribution < 1.29 is 23.8 Å². The van der Waals surface area contributed by atoms with E-state index >= 15 is 0 Å². The molecule has 0 aliphatic heterocycles. The van der Waals surface area contributed by atoms with Gasteiger partial charge in [0.25, 0.3) is 0 Å². The van der Waals surface area contributed by atoms with Crippen LogP contribution in [0.1, 0.15) is 17.3 Å². The maximum atomic E-state index is 13.7. The van der Waals surface area contributed by atoms with Crippen molar-refractivity contribution in [1.82, 2.24) is 0 Å². The molecule has 0 unspecified atom stereocenters. The van der Waals surface area contributed by atoms with Gasteiger partial charge in [-0.25, -0.2) is 9.18 Å². The fourth-order valence-electron chi connectivity index (χ4n) is 1.70. The number of carboxylic acid groups (broad SMARTS) is 1. The number of hydrogen-bond acceptors (Lipinski definition) is 3. The van der Waals surface area contributed by atoms with Gasteiger partial charge in [-0.2, -0.15) is 0 Å². The van der Waals surface area contributed by atoms with E-state index in [4.69, 9.17) is 9.84 Å². The van der Waals surface area contributed by atoms with Gasteiger partial charge in [-0.15, -0.1) is 0 Å². The van der Waals surface area contributed by atoms with Gasteiger partial charge in [0.1, 0.15) is 11.6 Å². The van der Waals surface area contributed by atoms with Crippen LogP contribution in [0.25, 0.3) is 10.8 Å². The summed E-state index contributed by atoms with van der Waals surface area (Å²) >= 11 is 0. The molecule has 5 heteroatoms. The zero-order chi connectivity index (χ0) is 13.3. The summed E-state index contributed by atoms with van der Waals surface area (Å²) in [6.07, 6.45) is 0. The van der Waals surface area contributed by atoms with Crippen LogP contribution in [-0.4, -0.2) is 17.0 Å². The van der Waals surface area contributed by atoms with Crippen LogP contribution in [0.3, 0.4) is 0 Å². The minimum Gasteiger partial charge on any atom is -0.478 e. The van der Waals surface area contributed by atoms with E-state index < -0.39 is 17.8 Å². The van der Waals surface area contributed by atoms with Gasteiger partial charge in [-0.1, -0.05) is 12.1 Å². The Morgan fingerprint density at radius 1 is 1.28 bits per heavy atom. The third-order valence-electron chi connectivity index (χ3n) is 2.39. The van der Waals surface area contributed by atoms with Crippen LogP contribution in [0.2, 0.25) is 0 Å². The molecule has 0 bridgehead atoms. The predicted molar refractivity (Wildman–Crippen MR) is 62.2 cm³/mol. The first-order chi connectivity index (χ1) is 8.49. The number of carbonyl (C=O) groups is 2. The first-order valence-corrected chi connectivity index (χ1v) is 5.13. The summed E-state index contributed by atoms with van der Waals surface area (Å²) < 4.78 is 18.5. The van der Waals surface area contributed by atoms with Crippen LogP contribution in [0.5, 0.6) is 5.75 Å². The normalized spacial score (nSPS) is 10.3. The molecule has 18 heavy (non-hydrogen) atoms. The highest BCUT2D eigenvalue weighted by molar-refractivity contribution is 5.98. The molecule has 2 rings (SSSR count). The Morgan fingerprint density at radius 3 is 2.61 bits per heavy atom. The number of aromatic carboxylic acids is 1. The molecule has 0 spiro atoms. The van der Waals surface area contributed by atoms with E-state index in [1.165, 1.54) is 25.1 Å². The molecule has 1 N–H and O–H groups in total. The van der Waals surface area contributed by atoms with Crippen molar-refractivity contribution in [2.45, 2.75) is 6.92 Å². The molecule has 0 saturated heterocycles. The van der Waals surface area contributed by atoms with Gasteiger partial charge in [0.15, 0.2) is 0 Å². The van der Waals surface area contributed by atoms with Crippen molar-refractivity contribution in [3.8, 4) is 5.75 Å². The minimum atomic E-state index is -1.17. The van der Waals surface area contributed by atoms with Crippen LogP contribution in [0.15, 0.2) is 30.3 Å². The molecule has 2 aromatic rings. The van der Waals surface area contributed by atoms with E-state index in [9.17, 15) is 14.0 Å². The van der Waals surface area contributed by atoms with Gasteiger partial charge < -0.3 is 9.84 Å². The first-order valence-electron chi connectivity index (χ1n) is 5.13. The lowest BCUT2D eigenvalue weighted by Crippen LogP contribution is -2.05. The van der Waals surface area contributed by atoms with Crippen LogP contribution in [0.4, 0.5) is 4.39 Å². The summed E-state index contributed by atoms with van der Waals surface area (Å²) in [5.74, 6) is -2.46. The van der Waals surface area contributed by atoms with Crippen molar-refractivity contribution in [2.24, 2.45) is 0 Å². The summed E-state index contributed by atoms with van der Waals surface area (Å²) in [6, 6.07) is 6.69. The summed E-state index contributed by atoms with van der Waals surface area (Å²) in [7, 11) is 0. The maximum Gasteiger partial charge on any atom is 0.335 e. The average molecular weight is 248 g/mol. The van der Waals surface area contributed by atoms with E-state index in [1.807, 2.05) is 0 Å². The van der Waals surface area contributed by atoms with Crippen LogP contribution >= 0.6 is 0 Å². The molecule has 2 aromatic carbocycles. The van der Waals surface area contributed by atoms with Crippen molar-refractivity contribution in [2.75, 3.05) is 0 Å². The highest BCUT2D eigenvalue weighted by atomic mass is 19.1. The number of esters is 1. The summed E-state index contributed by atoms with van der Waals surface area (Å²) in [6.45, 7) is 1.17. The predicted octanol–water partition coefficient (Wildman–Crippen LogP) is 2.60. The zero-order valence-corrected chi connectivity index (χ0v) is 9.44. The lowest BCUT2D eigenvalue weighted by molar-refractivity contribution is -0.131.